The molecular formula is C21H32ClN3O4. The molecule has 3 rings (SSSR count). The first kappa shape index (κ1) is 23.4. The second-order valence-corrected chi connectivity index (χ2v) is 7.71. The van der Waals surface area contributed by atoms with Gasteiger partial charge in [-0.15, -0.1) is 12.4 Å². The van der Waals surface area contributed by atoms with Crippen LogP contribution in [-0.4, -0.2) is 62.7 Å². The Morgan fingerprint density at radius 2 is 1.90 bits per heavy atom. The lowest BCUT2D eigenvalue weighted by molar-refractivity contribution is -0.137. The summed E-state index contributed by atoms with van der Waals surface area (Å²) in [6.45, 7) is 2.81. The smallest absolute Gasteiger partial charge is 0.227 e. The summed E-state index contributed by atoms with van der Waals surface area (Å²) in [5.74, 6) is 0.871. The Hall–Kier alpha value is -1.83. The van der Waals surface area contributed by atoms with Crippen LogP contribution in [0.1, 0.15) is 31.2 Å². The number of carbonyl (C=O) groups excluding carboxylic acids is 2. The van der Waals surface area contributed by atoms with Gasteiger partial charge >= 0.3 is 0 Å². The van der Waals surface area contributed by atoms with Gasteiger partial charge in [-0.3, -0.25) is 9.59 Å². The SMILES string of the molecule is COc1ccccc1CC(=O)N1CCC(NC(=O)C2(CN)CCOCC2)CC1.Cl. The maximum atomic E-state index is 12.8. The van der Waals surface area contributed by atoms with E-state index in [1.165, 1.54) is 0 Å². The van der Waals surface area contributed by atoms with Gasteiger partial charge in [-0.05, 0) is 31.7 Å². The number of nitrogens with two attached hydrogens (primary N) is 1. The zero-order valence-corrected chi connectivity index (χ0v) is 17.8. The van der Waals surface area contributed by atoms with Crippen molar-refractivity contribution in [3.8, 4) is 5.75 Å². The summed E-state index contributed by atoms with van der Waals surface area (Å²) in [5.41, 5.74) is 6.32. The van der Waals surface area contributed by atoms with Gasteiger partial charge in [0.1, 0.15) is 5.75 Å². The van der Waals surface area contributed by atoms with E-state index in [-0.39, 0.29) is 30.3 Å². The lowest BCUT2D eigenvalue weighted by Gasteiger charge is -2.38. The first-order chi connectivity index (χ1) is 13.6. The lowest BCUT2D eigenvalue weighted by Crippen LogP contribution is -2.54. The van der Waals surface area contributed by atoms with E-state index in [1.807, 2.05) is 29.2 Å². The van der Waals surface area contributed by atoms with Gasteiger partial charge in [0.05, 0.1) is 18.9 Å². The van der Waals surface area contributed by atoms with Gasteiger partial charge in [-0.1, -0.05) is 18.2 Å². The van der Waals surface area contributed by atoms with Crippen molar-refractivity contribution in [1.29, 1.82) is 0 Å². The number of ether oxygens (including phenoxy) is 2. The predicted molar refractivity (Wildman–Crippen MR) is 113 cm³/mol. The van der Waals surface area contributed by atoms with E-state index in [4.69, 9.17) is 15.2 Å². The van der Waals surface area contributed by atoms with Crippen LogP contribution in [-0.2, 0) is 20.7 Å². The molecule has 0 atom stereocenters. The summed E-state index contributed by atoms with van der Waals surface area (Å²) in [5, 5.41) is 3.18. The van der Waals surface area contributed by atoms with E-state index in [1.54, 1.807) is 7.11 Å². The Kier molecular flexibility index (Phi) is 8.74. The predicted octanol–water partition coefficient (Wildman–Crippen LogP) is 1.52. The summed E-state index contributed by atoms with van der Waals surface area (Å²) >= 11 is 0. The van der Waals surface area contributed by atoms with E-state index in [0.29, 0.717) is 52.1 Å². The van der Waals surface area contributed by atoms with E-state index < -0.39 is 5.41 Å². The third kappa shape index (κ3) is 5.62. The highest BCUT2D eigenvalue weighted by atomic mass is 35.5. The summed E-state index contributed by atoms with van der Waals surface area (Å²) in [6.07, 6.45) is 3.20. The van der Waals surface area contributed by atoms with E-state index in [2.05, 4.69) is 5.32 Å². The number of hydrogen-bond donors (Lipinski definition) is 2. The Balaban J connectivity index is 0.00000300. The van der Waals surface area contributed by atoms with Crippen molar-refractivity contribution in [1.82, 2.24) is 10.2 Å². The van der Waals surface area contributed by atoms with Crippen molar-refractivity contribution in [2.75, 3.05) is 40.0 Å². The minimum atomic E-state index is -0.505. The number of para-hydroxylation sites is 1. The minimum Gasteiger partial charge on any atom is -0.496 e. The maximum Gasteiger partial charge on any atom is 0.227 e. The average molecular weight is 426 g/mol. The van der Waals surface area contributed by atoms with E-state index >= 15 is 0 Å². The number of methoxy groups -OCH3 is 1. The van der Waals surface area contributed by atoms with Crippen molar-refractivity contribution in [2.24, 2.45) is 11.1 Å². The van der Waals surface area contributed by atoms with Crippen LogP contribution in [0.15, 0.2) is 24.3 Å². The molecule has 2 amide bonds. The average Bonchev–Trinajstić information content (AvgIpc) is 2.75. The molecule has 8 heteroatoms. The Morgan fingerprint density at radius 1 is 1.24 bits per heavy atom. The highest BCUT2D eigenvalue weighted by Gasteiger charge is 2.40. The van der Waals surface area contributed by atoms with Crippen molar-refractivity contribution >= 4 is 24.2 Å². The van der Waals surface area contributed by atoms with E-state index in [0.717, 1.165) is 24.2 Å². The summed E-state index contributed by atoms with van der Waals surface area (Å²) in [7, 11) is 1.62. The number of piperidine rings is 1. The van der Waals surface area contributed by atoms with Gasteiger partial charge < -0.3 is 25.4 Å². The fraction of sp³-hybridized carbons (Fsp3) is 0.619. The molecule has 29 heavy (non-hydrogen) atoms. The van der Waals surface area contributed by atoms with E-state index in [9.17, 15) is 9.59 Å². The van der Waals surface area contributed by atoms with Crippen LogP contribution in [0.5, 0.6) is 5.75 Å². The van der Waals surface area contributed by atoms with Gasteiger partial charge in [0.15, 0.2) is 0 Å². The molecule has 0 unspecified atom stereocenters. The quantitative estimate of drug-likeness (QED) is 0.720. The van der Waals surface area contributed by atoms with Crippen molar-refractivity contribution in [3.05, 3.63) is 29.8 Å². The second kappa shape index (κ2) is 10.8. The molecular weight excluding hydrogens is 394 g/mol. The second-order valence-electron chi connectivity index (χ2n) is 7.71. The van der Waals surface area contributed by atoms with Crippen molar-refractivity contribution in [2.45, 2.75) is 38.1 Å². The van der Waals surface area contributed by atoms with Crippen LogP contribution >= 0.6 is 12.4 Å². The molecule has 2 aliphatic rings. The minimum absolute atomic E-state index is 0. The summed E-state index contributed by atoms with van der Waals surface area (Å²) in [6, 6.07) is 7.69. The molecule has 0 aromatic heterocycles. The first-order valence-corrected chi connectivity index (χ1v) is 10.1. The molecule has 0 radical (unpaired) electrons. The van der Waals surface area contributed by atoms with Gasteiger partial charge in [0.25, 0.3) is 0 Å². The van der Waals surface area contributed by atoms with Gasteiger partial charge in [0, 0.05) is 44.5 Å². The summed E-state index contributed by atoms with van der Waals surface area (Å²) < 4.78 is 10.7. The van der Waals surface area contributed by atoms with Crippen molar-refractivity contribution < 1.29 is 19.1 Å². The Bertz CT molecular complexity index is 686. The molecule has 3 N–H and O–H groups in total. The molecule has 2 fully saturated rings. The fourth-order valence-corrected chi connectivity index (χ4v) is 4.02. The third-order valence-corrected chi connectivity index (χ3v) is 6.04. The molecule has 1 aromatic rings. The zero-order valence-electron chi connectivity index (χ0n) is 17.0. The Labute approximate surface area is 178 Å². The maximum absolute atomic E-state index is 12.8. The summed E-state index contributed by atoms with van der Waals surface area (Å²) in [4.78, 5) is 27.3. The number of amides is 2. The molecule has 1 aromatic carbocycles. The molecule has 0 saturated carbocycles. The monoisotopic (exact) mass is 425 g/mol. The van der Waals surface area contributed by atoms with Crippen molar-refractivity contribution in [3.63, 3.8) is 0 Å². The van der Waals surface area contributed by atoms with Crippen LogP contribution in [0.4, 0.5) is 0 Å². The van der Waals surface area contributed by atoms with Gasteiger partial charge in [0.2, 0.25) is 11.8 Å². The molecule has 2 heterocycles. The number of benzene rings is 1. The molecule has 162 valence electrons. The third-order valence-electron chi connectivity index (χ3n) is 6.04. The normalized spacial score (nSPS) is 19.2. The van der Waals surface area contributed by atoms with Crippen LogP contribution in [0.3, 0.4) is 0 Å². The molecule has 2 aliphatic heterocycles. The molecule has 0 bridgehead atoms. The topological polar surface area (TPSA) is 93.9 Å². The number of rotatable bonds is 6. The number of nitrogens with one attached hydrogen (secondary N) is 1. The zero-order chi connectivity index (χ0) is 20.0. The standard InChI is InChI=1S/C21H31N3O4.ClH/c1-27-18-5-3-2-4-16(18)14-19(25)24-10-6-17(7-11-24)23-20(26)21(15-22)8-12-28-13-9-21;/h2-5,17H,6-15,22H2,1H3,(H,23,26);1H. The molecule has 2 saturated heterocycles. The Morgan fingerprint density at radius 3 is 2.52 bits per heavy atom. The highest BCUT2D eigenvalue weighted by Crippen LogP contribution is 2.30. The molecule has 0 aliphatic carbocycles. The van der Waals surface area contributed by atoms with Crippen LogP contribution < -0.4 is 15.8 Å². The highest BCUT2D eigenvalue weighted by molar-refractivity contribution is 5.85. The van der Waals surface area contributed by atoms with Gasteiger partial charge in [-0.2, -0.15) is 0 Å². The molecule has 7 nitrogen and oxygen atoms in total. The lowest BCUT2D eigenvalue weighted by atomic mass is 9.79. The number of likely N-dealkylation sites (tertiary alicyclic amines) is 1. The van der Waals surface area contributed by atoms with Crippen LogP contribution in [0.2, 0.25) is 0 Å². The number of carbonyl (C=O) groups is 2. The first-order valence-electron chi connectivity index (χ1n) is 10.1. The fourth-order valence-electron chi connectivity index (χ4n) is 4.02. The van der Waals surface area contributed by atoms with Gasteiger partial charge in [-0.25, -0.2) is 0 Å². The number of halogens is 1. The molecule has 0 spiro atoms. The van der Waals surface area contributed by atoms with Crippen LogP contribution in [0, 0.1) is 5.41 Å². The largest absolute Gasteiger partial charge is 0.496 e. The number of hydrogen-bond acceptors (Lipinski definition) is 5. The van der Waals surface area contributed by atoms with Crippen LogP contribution in [0.25, 0.3) is 0 Å². The number of nitrogens with zero attached hydrogens (tertiary/aromatic N) is 1.